The number of aryl methyl sites for hydroxylation is 2. The maximum Gasteiger partial charge on any atom is 0.227 e. The molecule has 0 unspecified atom stereocenters. The molecule has 0 aliphatic rings. The number of aromatic nitrogens is 1. The van der Waals surface area contributed by atoms with E-state index in [0.717, 1.165) is 27.6 Å². The summed E-state index contributed by atoms with van der Waals surface area (Å²) in [7, 11) is 0. The Morgan fingerprint density at radius 3 is 2.52 bits per heavy atom. The second-order valence-electron chi connectivity index (χ2n) is 5.21. The van der Waals surface area contributed by atoms with Crippen molar-refractivity contribution in [3.8, 4) is 11.6 Å². The third-order valence-corrected chi connectivity index (χ3v) is 3.60. The minimum Gasteiger partial charge on any atom is -0.438 e. The Kier molecular flexibility index (Phi) is 3.59. The van der Waals surface area contributed by atoms with Crippen LogP contribution in [-0.4, -0.2) is 4.98 Å². The molecule has 1 heterocycles. The molecule has 3 nitrogen and oxygen atoms in total. The third-order valence-electron chi connectivity index (χ3n) is 3.60. The Labute approximate surface area is 124 Å². The van der Waals surface area contributed by atoms with Gasteiger partial charge in [0.05, 0.1) is 0 Å². The van der Waals surface area contributed by atoms with Crippen LogP contribution in [0.1, 0.15) is 16.7 Å². The number of rotatable bonds is 3. The molecule has 0 spiro atoms. The van der Waals surface area contributed by atoms with Gasteiger partial charge in [0, 0.05) is 18.1 Å². The van der Waals surface area contributed by atoms with Crippen LogP contribution in [-0.2, 0) is 6.54 Å². The van der Waals surface area contributed by atoms with Crippen LogP contribution in [0.2, 0.25) is 0 Å². The van der Waals surface area contributed by atoms with Crippen molar-refractivity contribution in [2.75, 3.05) is 0 Å². The standard InChI is InChI=1S/C18H18N2O/c1-12-7-8-17(13(2)9-12)21-18-16-6-4-3-5-15(16)14(10-19)11-20-18/h3-9,11H,10,19H2,1-2H3. The Bertz CT molecular complexity index is 796. The van der Waals surface area contributed by atoms with Gasteiger partial charge in [0.25, 0.3) is 0 Å². The van der Waals surface area contributed by atoms with Crippen molar-refractivity contribution in [2.24, 2.45) is 5.73 Å². The molecule has 3 rings (SSSR count). The zero-order chi connectivity index (χ0) is 14.8. The quantitative estimate of drug-likeness (QED) is 0.784. The molecule has 106 valence electrons. The van der Waals surface area contributed by atoms with E-state index in [1.54, 1.807) is 6.20 Å². The maximum atomic E-state index is 6.02. The Morgan fingerprint density at radius 2 is 1.81 bits per heavy atom. The SMILES string of the molecule is Cc1ccc(Oc2ncc(CN)c3ccccc23)c(C)c1. The smallest absolute Gasteiger partial charge is 0.227 e. The van der Waals surface area contributed by atoms with Crippen LogP contribution in [0.4, 0.5) is 0 Å². The first-order valence-electron chi connectivity index (χ1n) is 7.01. The van der Waals surface area contributed by atoms with Crippen molar-refractivity contribution >= 4 is 10.8 Å². The van der Waals surface area contributed by atoms with Crippen molar-refractivity contribution in [1.29, 1.82) is 0 Å². The van der Waals surface area contributed by atoms with E-state index in [1.807, 2.05) is 43.3 Å². The number of ether oxygens (including phenoxy) is 1. The Balaban J connectivity index is 2.09. The first-order chi connectivity index (χ1) is 10.2. The van der Waals surface area contributed by atoms with Gasteiger partial charge < -0.3 is 10.5 Å². The van der Waals surface area contributed by atoms with Crippen LogP contribution in [0.15, 0.2) is 48.7 Å². The normalized spacial score (nSPS) is 10.8. The summed E-state index contributed by atoms with van der Waals surface area (Å²) < 4.78 is 6.02. The van der Waals surface area contributed by atoms with Gasteiger partial charge in [-0.25, -0.2) is 4.98 Å². The number of nitrogens with two attached hydrogens (primary N) is 1. The van der Waals surface area contributed by atoms with E-state index in [-0.39, 0.29) is 0 Å². The van der Waals surface area contributed by atoms with E-state index < -0.39 is 0 Å². The first kappa shape index (κ1) is 13.6. The van der Waals surface area contributed by atoms with E-state index in [2.05, 4.69) is 18.0 Å². The summed E-state index contributed by atoms with van der Waals surface area (Å²) in [5.74, 6) is 1.45. The summed E-state index contributed by atoms with van der Waals surface area (Å²) in [6.07, 6.45) is 1.79. The number of nitrogens with zero attached hydrogens (tertiary/aromatic N) is 1. The molecule has 0 aliphatic heterocycles. The summed E-state index contributed by atoms with van der Waals surface area (Å²) in [4.78, 5) is 4.43. The molecule has 3 aromatic rings. The Morgan fingerprint density at radius 1 is 1.05 bits per heavy atom. The molecule has 0 atom stereocenters. The first-order valence-corrected chi connectivity index (χ1v) is 7.01. The molecule has 2 N–H and O–H groups in total. The van der Waals surface area contributed by atoms with Gasteiger partial charge in [0.1, 0.15) is 5.75 Å². The molecule has 0 radical (unpaired) electrons. The minimum absolute atomic E-state index is 0.470. The molecule has 3 heteroatoms. The van der Waals surface area contributed by atoms with Crippen LogP contribution >= 0.6 is 0 Å². The highest BCUT2D eigenvalue weighted by Gasteiger charge is 2.09. The van der Waals surface area contributed by atoms with Crippen molar-refractivity contribution in [3.05, 3.63) is 65.4 Å². The highest BCUT2D eigenvalue weighted by molar-refractivity contribution is 5.89. The summed E-state index contributed by atoms with van der Waals surface area (Å²) in [6.45, 7) is 4.58. The van der Waals surface area contributed by atoms with Crippen molar-refractivity contribution in [3.63, 3.8) is 0 Å². The lowest BCUT2D eigenvalue weighted by Crippen LogP contribution is -2.00. The van der Waals surface area contributed by atoms with Gasteiger partial charge in [-0.05, 0) is 42.5 Å². The second-order valence-corrected chi connectivity index (χ2v) is 5.21. The molecule has 0 aliphatic carbocycles. The monoisotopic (exact) mass is 278 g/mol. The summed E-state index contributed by atoms with van der Waals surface area (Å²) in [6, 6.07) is 14.2. The van der Waals surface area contributed by atoms with Crippen LogP contribution in [0.5, 0.6) is 11.6 Å². The fourth-order valence-corrected chi connectivity index (χ4v) is 2.49. The average Bonchev–Trinajstić information content (AvgIpc) is 2.50. The van der Waals surface area contributed by atoms with Gasteiger partial charge in [-0.1, -0.05) is 35.9 Å². The summed E-state index contributed by atoms with van der Waals surface area (Å²) in [5, 5.41) is 2.08. The summed E-state index contributed by atoms with van der Waals surface area (Å²) in [5.41, 5.74) is 9.12. The number of fused-ring (bicyclic) bond motifs is 1. The number of hydrogen-bond acceptors (Lipinski definition) is 3. The van der Waals surface area contributed by atoms with Crippen molar-refractivity contribution in [2.45, 2.75) is 20.4 Å². The molecule has 0 bridgehead atoms. The van der Waals surface area contributed by atoms with E-state index in [9.17, 15) is 0 Å². The highest BCUT2D eigenvalue weighted by Crippen LogP contribution is 2.31. The van der Waals surface area contributed by atoms with Gasteiger partial charge in [0.15, 0.2) is 0 Å². The molecule has 1 aromatic heterocycles. The van der Waals surface area contributed by atoms with Gasteiger partial charge in [0.2, 0.25) is 5.88 Å². The molecular formula is C18H18N2O. The van der Waals surface area contributed by atoms with Crippen molar-refractivity contribution in [1.82, 2.24) is 4.98 Å². The molecule has 2 aromatic carbocycles. The van der Waals surface area contributed by atoms with E-state index >= 15 is 0 Å². The molecule has 21 heavy (non-hydrogen) atoms. The van der Waals surface area contributed by atoms with Gasteiger partial charge in [-0.2, -0.15) is 0 Å². The zero-order valence-corrected chi connectivity index (χ0v) is 12.3. The van der Waals surface area contributed by atoms with Crippen LogP contribution < -0.4 is 10.5 Å². The zero-order valence-electron chi connectivity index (χ0n) is 12.3. The molecule has 0 amide bonds. The maximum absolute atomic E-state index is 6.02. The fraction of sp³-hybridized carbons (Fsp3) is 0.167. The van der Waals surface area contributed by atoms with Gasteiger partial charge in [-0.15, -0.1) is 0 Å². The molecule has 0 fully saturated rings. The lowest BCUT2D eigenvalue weighted by Gasteiger charge is -2.12. The number of benzene rings is 2. The average molecular weight is 278 g/mol. The third kappa shape index (κ3) is 2.60. The van der Waals surface area contributed by atoms with Gasteiger partial charge in [-0.3, -0.25) is 0 Å². The molecule has 0 saturated heterocycles. The van der Waals surface area contributed by atoms with Crippen LogP contribution in [0.3, 0.4) is 0 Å². The second kappa shape index (κ2) is 5.54. The Hall–Kier alpha value is -2.39. The number of pyridine rings is 1. The fourth-order valence-electron chi connectivity index (χ4n) is 2.49. The van der Waals surface area contributed by atoms with Crippen molar-refractivity contribution < 1.29 is 4.74 Å². The van der Waals surface area contributed by atoms with E-state index in [4.69, 9.17) is 10.5 Å². The number of hydrogen-bond donors (Lipinski definition) is 1. The lowest BCUT2D eigenvalue weighted by atomic mass is 10.1. The van der Waals surface area contributed by atoms with Gasteiger partial charge >= 0.3 is 0 Å². The minimum atomic E-state index is 0.470. The molecule has 0 saturated carbocycles. The molecular weight excluding hydrogens is 260 g/mol. The predicted molar refractivity (Wildman–Crippen MR) is 85.6 cm³/mol. The van der Waals surface area contributed by atoms with Crippen LogP contribution in [0.25, 0.3) is 10.8 Å². The van der Waals surface area contributed by atoms with E-state index in [0.29, 0.717) is 12.4 Å². The lowest BCUT2D eigenvalue weighted by molar-refractivity contribution is 0.465. The van der Waals surface area contributed by atoms with Crippen LogP contribution in [0, 0.1) is 13.8 Å². The predicted octanol–water partition coefficient (Wildman–Crippen LogP) is 4.10. The summed E-state index contributed by atoms with van der Waals surface area (Å²) >= 11 is 0. The highest BCUT2D eigenvalue weighted by atomic mass is 16.5. The largest absolute Gasteiger partial charge is 0.438 e. The topological polar surface area (TPSA) is 48.1 Å². The van der Waals surface area contributed by atoms with E-state index in [1.165, 1.54) is 5.56 Å².